The lowest BCUT2D eigenvalue weighted by molar-refractivity contribution is 0.0962. The Morgan fingerprint density at radius 3 is 2.34 bits per heavy atom. The number of nitrogens with one attached hydrogen (secondary N) is 2. The topological polar surface area (TPSA) is 141 Å². The Morgan fingerprint density at radius 1 is 0.872 bits per heavy atom. The Bertz CT molecular complexity index is 1870. The molecular formula is C35H38N6O6. The number of unbranched alkanes of at least 4 members (excludes halogenated alkanes) is 4. The van der Waals surface area contributed by atoms with Gasteiger partial charge in [-0.3, -0.25) is 14.4 Å². The van der Waals surface area contributed by atoms with Gasteiger partial charge in [0.15, 0.2) is 17.2 Å². The maximum Gasteiger partial charge on any atom is 0.435 e. The predicted molar refractivity (Wildman–Crippen MR) is 179 cm³/mol. The highest BCUT2D eigenvalue weighted by Gasteiger charge is 2.28. The summed E-state index contributed by atoms with van der Waals surface area (Å²) in [6.07, 6.45) is 5.86. The number of benzene rings is 2. The molecule has 12 nitrogen and oxygen atoms in total. The number of para-hydroxylation sites is 2. The minimum absolute atomic E-state index is 0.0241. The van der Waals surface area contributed by atoms with Gasteiger partial charge in [-0.15, -0.1) is 5.10 Å². The van der Waals surface area contributed by atoms with Crippen molar-refractivity contribution in [1.82, 2.24) is 14.3 Å². The largest absolute Gasteiger partial charge is 0.448 e. The number of nitrogens with zero attached hydrogens (tertiary/aromatic N) is 4. The first-order chi connectivity index (χ1) is 22.8. The van der Waals surface area contributed by atoms with Crippen molar-refractivity contribution >= 4 is 52.1 Å². The molecule has 0 radical (unpaired) electrons. The van der Waals surface area contributed by atoms with E-state index in [9.17, 15) is 19.2 Å². The van der Waals surface area contributed by atoms with Crippen molar-refractivity contribution in [3.63, 3.8) is 0 Å². The van der Waals surface area contributed by atoms with Crippen molar-refractivity contribution in [2.45, 2.75) is 46.0 Å². The number of aromatic nitrogens is 3. The summed E-state index contributed by atoms with van der Waals surface area (Å²) >= 11 is 0. The zero-order valence-electron chi connectivity index (χ0n) is 26.7. The third-order valence-electron chi connectivity index (χ3n) is 7.67. The van der Waals surface area contributed by atoms with Crippen molar-refractivity contribution < 1.29 is 28.3 Å². The van der Waals surface area contributed by atoms with E-state index in [-0.39, 0.29) is 40.5 Å². The third-order valence-corrected chi connectivity index (χ3v) is 7.67. The molecule has 3 aromatic heterocycles. The Hall–Kier alpha value is -5.65. The van der Waals surface area contributed by atoms with E-state index >= 15 is 0 Å². The van der Waals surface area contributed by atoms with Gasteiger partial charge in [0.25, 0.3) is 17.7 Å². The quantitative estimate of drug-likeness (QED) is 0.131. The van der Waals surface area contributed by atoms with Gasteiger partial charge in [-0.1, -0.05) is 62.9 Å². The number of carbonyl (C=O) groups excluding carboxylic acids is 4. The molecule has 0 aliphatic heterocycles. The number of aryl methyl sites for hydroxylation is 1. The number of furan rings is 1. The normalized spacial score (nSPS) is 11.0. The molecule has 0 atom stereocenters. The van der Waals surface area contributed by atoms with Gasteiger partial charge in [0, 0.05) is 31.5 Å². The summed E-state index contributed by atoms with van der Waals surface area (Å²) < 4.78 is 14.1. The zero-order valence-corrected chi connectivity index (χ0v) is 26.7. The predicted octanol–water partition coefficient (Wildman–Crippen LogP) is 7.09. The summed E-state index contributed by atoms with van der Waals surface area (Å²) in [5.74, 6) is -1.58. The van der Waals surface area contributed by atoms with Crippen LogP contribution in [0.3, 0.4) is 0 Å². The molecule has 5 rings (SSSR count). The van der Waals surface area contributed by atoms with E-state index in [2.05, 4.69) is 22.7 Å². The molecule has 12 heteroatoms. The Labute approximate surface area is 272 Å². The molecule has 47 heavy (non-hydrogen) atoms. The van der Waals surface area contributed by atoms with Crippen LogP contribution in [0.25, 0.3) is 11.1 Å². The maximum absolute atomic E-state index is 13.6. The van der Waals surface area contributed by atoms with Crippen LogP contribution in [0, 0.1) is 0 Å². The highest BCUT2D eigenvalue weighted by molar-refractivity contribution is 6.14. The smallest absolute Gasteiger partial charge is 0.435 e. The van der Waals surface area contributed by atoms with Gasteiger partial charge in [0.05, 0.1) is 17.9 Å². The monoisotopic (exact) mass is 638 g/mol. The molecule has 2 aromatic carbocycles. The van der Waals surface area contributed by atoms with Crippen LogP contribution >= 0.6 is 0 Å². The van der Waals surface area contributed by atoms with E-state index in [0.29, 0.717) is 24.3 Å². The second-order valence-corrected chi connectivity index (χ2v) is 11.0. The first kappa shape index (κ1) is 32.7. The fourth-order valence-corrected chi connectivity index (χ4v) is 5.19. The van der Waals surface area contributed by atoms with Crippen LogP contribution in [-0.2, 0) is 11.8 Å². The molecule has 3 amide bonds. The van der Waals surface area contributed by atoms with E-state index < -0.39 is 23.8 Å². The van der Waals surface area contributed by atoms with E-state index in [1.165, 1.54) is 11.0 Å². The third kappa shape index (κ3) is 7.43. The first-order valence-electron chi connectivity index (χ1n) is 15.7. The van der Waals surface area contributed by atoms with Crippen molar-refractivity contribution in [3.8, 4) is 0 Å². The number of fused-ring (bicyclic) bond motifs is 1. The summed E-state index contributed by atoms with van der Waals surface area (Å²) in [5, 5.41) is 9.79. The first-order valence-corrected chi connectivity index (χ1v) is 15.7. The van der Waals surface area contributed by atoms with Gasteiger partial charge in [0.2, 0.25) is 0 Å². The number of carbonyl (C=O) groups is 4. The summed E-state index contributed by atoms with van der Waals surface area (Å²) in [6.45, 7) is 4.52. The number of amides is 3. The molecular weight excluding hydrogens is 600 g/mol. The number of ether oxygens (including phenoxy) is 1. The lowest BCUT2D eigenvalue weighted by Gasteiger charge is -2.19. The minimum Gasteiger partial charge on any atom is -0.448 e. The fraction of sp³-hybridized carbons (Fsp3) is 0.286. The van der Waals surface area contributed by atoms with Crippen LogP contribution in [0.15, 0.2) is 83.4 Å². The van der Waals surface area contributed by atoms with Crippen LogP contribution in [-0.4, -0.2) is 51.3 Å². The average molecular weight is 639 g/mol. The molecule has 0 fully saturated rings. The van der Waals surface area contributed by atoms with Crippen LogP contribution in [0.1, 0.15) is 77.4 Å². The minimum atomic E-state index is -0.767. The van der Waals surface area contributed by atoms with E-state index in [4.69, 9.17) is 9.15 Å². The summed E-state index contributed by atoms with van der Waals surface area (Å²) in [7, 11) is 1.74. The SMILES string of the molecule is CCCCCCCOC(=O)n1nc(NC(=O)c2ccccc2NC(=O)c2cccn2C)c2oc(C(=O)N(CC)c3ccccc3)cc21. The molecule has 0 aliphatic rings. The van der Waals surface area contributed by atoms with E-state index in [1.807, 2.05) is 37.3 Å². The molecule has 0 bridgehead atoms. The lowest BCUT2D eigenvalue weighted by atomic mass is 10.1. The summed E-state index contributed by atoms with van der Waals surface area (Å²) in [5.41, 5.74) is 1.69. The Kier molecular flexibility index (Phi) is 10.5. The highest BCUT2D eigenvalue weighted by Crippen LogP contribution is 2.30. The highest BCUT2D eigenvalue weighted by atomic mass is 16.6. The number of hydrogen-bond acceptors (Lipinski definition) is 7. The Balaban J connectivity index is 1.44. The maximum atomic E-state index is 13.6. The second-order valence-electron chi connectivity index (χ2n) is 11.0. The lowest BCUT2D eigenvalue weighted by Crippen LogP contribution is -2.30. The molecule has 244 valence electrons. The van der Waals surface area contributed by atoms with Crippen LogP contribution in [0.2, 0.25) is 0 Å². The van der Waals surface area contributed by atoms with Crippen LogP contribution < -0.4 is 15.5 Å². The van der Waals surface area contributed by atoms with Crippen LogP contribution in [0.5, 0.6) is 0 Å². The van der Waals surface area contributed by atoms with Gasteiger partial charge in [-0.2, -0.15) is 4.68 Å². The molecule has 0 saturated carbocycles. The number of hydrogen-bond donors (Lipinski definition) is 2. The molecule has 0 saturated heterocycles. The molecule has 0 spiro atoms. The molecule has 5 aromatic rings. The summed E-state index contributed by atoms with van der Waals surface area (Å²) in [4.78, 5) is 54.9. The summed E-state index contributed by atoms with van der Waals surface area (Å²) in [6, 6.07) is 20.5. The Morgan fingerprint density at radius 2 is 1.62 bits per heavy atom. The molecule has 3 heterocycles. The number of rotatable bonds is 13. The van der Waals surface area contributed by atoms with Crippen molar-refractivity contribution in [2.24, 2.45) is 7.05 Å². The van der Waals surface area contributed by atoms with E-state index in [0.717, 1.165) is 30.4 Å². The molecule has 0 unspecified atom stereocenters. The molecule has 2 N–H and O–H groups in total. The van der Waals surface area contributed by atoms with Gasteiger partial charge >= 0.3 is 6.09 Å². The van der Waals surface area contributed by atoms with Gasteiger partial charge in [-0.25, -0.2) is 4.79 Å². The average Bonchev–Trinajstić information content (AvgIpc) is 3.80. The van der Waals surface area contributed by atoms with Gasteiger partial charge in [-0.05, 0) is 49.7 Å². The molecule has 0 aliphatic carbocycles. The van der Waals surface area contributed by atoms with Crippen LogP contribution in [0.4, 0.5) is 22.0 Å². The van der Waals surface area contributed by atoms with E-state index in [1.54, 1.807) is 54.2 Å². The second kappa shape index (κ2) is 15.1. The fourth-order valence-electron chi connectivity index (χ4n) is 5.19. The van der Waals surface area contributed by atoms with Crippen molar-refractivity contribution in [3.05, 3.63) is 96.0 Å². The zero-order chi connectivity index (χ0) is 33.3. The number of anilines is 3. The van der Waals surface area contributed by atoms with Gasteiger partial charge < -0.3 is 29.3 Å². The van der Waals surface area contributed by atoms with Crippen molar-refractivity contribution in [2.75, 3.05) is 28.7 Å². The standard InChI is InChI=1S/C35H38N6O6/c1-4-6-7-8-14-22-46-35(45)41-28-23-29(34(44)40(5-2)24-16-10-9-11-17-24)47-30(28)31(38-41)37-32(42)25-18-12-13-19-26(25)36-33(43)27-20-15-21-39(27)3/h9-13,15-21,23H,4-8,14,22H2,1-3H3,(H,36,43)(H,37,38,42). The van der Waals surface area contributed by atoms with Crippen molar-refractivity contribution in [1.29, 1.82) is 0 Å². The van der Waals surface area contributed by atoms with Gasteiger partial charge in [0.1, 0.15) is 11.2 Å².